The Labute approximate surface area is 150 Å². The summed E-state index contributed by atoms with van der Waals surface area (Å²) < 4.78 is 0. The van der Waals surface area contributed by atoms with Gasteiger partial charge in [-0.2, -0.15) is 0 Å². The van der Waals surface area contributed by atoms with Crippen LogP contribution in [0.15, 0.2) is 48.5 Å². The van der Waals surface area contributed by atoms with E-state index in [1.54, 1.807) is 0 Å². The first-order valence-corrected chi connectivity index (χ1v) is 9.22. The van der Waals surface area contributed by atoms with Crippen molar-refractivity contribution in [3.05, 3.63) is 59.7 Å². The van der Waals surface area contributed by atoms with Gasteiger partial charge >= 0.3 is 0 Å². The molecule has 0 heterocycles. The van der Waals surface area contributed by atoms with E-state index >= 15 is 0 Å². The fourth-order valence-corrected chi connectivity index (χ4v) is 3.30. The molecule has 0 saturated heterocycles. The number of hydrogen-bond acceptors (Lipinski definition) is 2. The second-order valence-corrected chi connectivity index (χ2v) is 7.11. The number of benzene rings is 2. The van der Waals surface area contributed by atoms with Crippen LogP contribution in [0.3, 0.4) is 0 Å². The highest BCUT2D eigenvalue weighted by molar-refractivity contribution is 5.94. The molecule has 0 aliphatic heterocycles. The molecular formula is C22H27NO2. The minimum Gasteiger partial charge on any atom is -0.388 e. The third kappa shape index (κ3) is 4.10. The van der Waals surface area contributed by atoms with E-state index < -0.39 is 6.10 Å². The molecule has 0 bridgehead atoms. The number of nitrogens with zero attached hydrogens (tertiary/aromatic N) is 1. The van der Waals surface area contributed by atoms with E-state index in [2.05, 4.69) is 0 Å². The molecule has 0 unspecified atom stereocenters. The van der Waals surface area contributed by atoms with Crippen LogP contribution in [0.4, 0.5) is 0 Å². The second kappa shape index (κ2) is 7.83. The van der Waals surface area contributed by atoms with Crippen molar-refractivity contribution in [1.29, 1.82) is 0 Å². The van der Waals surface area contributed by atoms with Crippen LogP contribution in [-0.4, -0.2) is 29.5 Å². The average molecular weight is 337 g/mol. The lowest BCUT2D eigenvalue weighted by Crippen LogP contribution is -2.34. The van der Waals surface area contributed by atoms with E-state index in [0.29, 0.717) is 12.3 Å². The molecule has 1 atom stereocenters. The Balaban J connectivity index is 1.67. The van der Waals surface area contributed by atoms with E-state index in [-0.39, 0.29) is 5.91 Å². The van der Waals surface area contributed by atoms with Gasteiger partial charge in [0.15, 0.2) is 0 Å². The molecule has 3 heteroatoms. The summed E-state index contributed by atoms with van der Waals surface area (Å²) in [5.74, 6) is 0.782. The minimum absolute atomic E-state index is 0.0971. The third-order valence-corrected chi connectivity index (χ3v) is 5.25. The molecule has 25 heavy (non-hydrogen) atoms. The van der Waals surface area contributed by atoms with Crippen molar-refractivity contribution in [3.8, 4) is 11.1 Å². The number of aliphatic hydroxyl groups is 1. The lowest BCUT2D eigenvalue weighted by Gasteiger charge is -2.30. The van der Waals surface area contributed by atoms with Crippen molar-refractivity contribution in [2.24, 2.45) is 5.92 Å². The van der Waals surface area contributed by atoms with Gasteiger partial charge in [-0.1, -0.05) is 49.7 Å². The monoisotopic (exact) mass is 337 g/mol. The van der Waals surface area contributed by atoms with Crippen molar-refractivity contribution in [2.45, 2.75) is 38.7 Å². The number of carbonyl (C=O) groups is 1. The maximum atomic E-state index is 12.5. The predicted octanol–water partition coefficient (Wildman–Crippen LogP) is 4.67. The summed E-state index contributed by atoms with van der Waals surface area (Å²) in [6.07, 6.45) is 4.11. The van der Waals surface area contributed by atoms with Crippen LogP contribution in [0.5, 0.6) is 0 Å². The molecule has 2 aromatic carbocycles. The molecule has 1 amide bonds. The maximum Gasteiger partial charge on any atom is 0.253 e. The largest absolute Gasteiger partial charge is 0.388 e. The van der Waals surface area contributed by atoms with Crippen LogP contribution in [0, 0.1) is 5.92 Å². The number of aliphatic hydroxyl groups excluding tert-OH is 1. The number of carbonyl (C=O) groups excluding carboxylic acids is 1. The smallest absolute Gasteiger partial charge is 0.253 e. The molecule has 3 nitrogen and oxygen atoms in total. The van der Waals surface area contributed by atoms with Gasteiger partial charge in [0.25, 0.3) is 5.91 Å². The van der Waals surface area contributed by atoms with E-state index in [0.717, 1.165) is 28.8 Å². The second-order valence-electron chi connectivity index (χ2n) is 7.11. The third-order valence-electron chi connectivity index (χ3n) is 5.25. The van der Waals surface area contributed by atoms with Crippen molar-refractivity contribution in [2.75, 3.05) is 13.6 Å². The molecule has 3 rings (SSSR count). The van der Waals surface area contributed by atoms with Gasteiger partial charge in [-0.25, -0.2) is 0 Å². The topological polar surface area (TPSA) is 40.5 Å². The van der Waals surface area contributed by atoms with Gasteiger partial charge in [-0.05, 0) is 54.0 Å². The SMILES string of the molecule is CC[C@@H](O)c1ccc(-c2ccc(C(=O)N(C)CC3CCC3)cc2)cc1. The molecule has 1 saturated carbocycles. The highest BCUT2D eigenvalue weighted by Gasteiger charge is 2.22. The van der Waals surface area contributed by atoms with Gasteiger partial charge in [-0.15, -0.1) is 0 Å². The Hall–Kier alpha value is -2.13. The Bertz CT molecular complexity index is 702. The van der Waals surface area contributed by atoms with E-state index in [1.165, 1.54) is 19.3 Å². The summed E-state index contributed by atoms with van der Waals surface area (Å²) in [6, 6.07) is 15.8. The van der Waals surface area contributed by atoms with Gasteiger partial charge in [-0.3, -0.25) is 4.79 Å². The van der Waals surface area contributed by atoms with Crippen LogP contribution >= 0.6 is 0 Å². The van der Waals surface area contributed by atoms with Gasteiger partial charge in [0, 0.05) is 19.2 Å². The fraction of sp³-hybridized carbons (Fsp3) is 0.409. The normalized spacial score (nSPS) is 15.5. The number of amides is 1. The van der Waals surface area contributed by atoms with Gasteiger partial charge in [0.1, 0.15) is 0 Å². The number of hydrogen-bond donors (Lipinski definition) is 1. The van der Waals surface area contributed by atoms with Crippen molar-refractivity contribution in [1.82, 2.24) is 4.90 Å². The first-order valence-electron chi connectivity index (χ1n) is 9.22. The maximum absolute atomic E-state index is 12.5. The Morgan fingerprint density at radius 1 is 1.08 bits per heavy atom. The first kappa shape index (κ1) is 17.7. The summed E-state index contributed by atoms with van der Waals surface area (Å²) in [5.41, 5.74) is 3.85. The molecule has 0 spiro atoms. The summed E-state index contributed by atoms with van der Waals surface area (Å²) in [6.45, 7) is 2.83. The molecule has 1 aliphatic carbocycles. The molecule has 1 fully saturated rings. The van der Waals surface area contributed by atoms with E-state index in [1.807, 2.05) is 67.4 Å². The van der Waals surface area contributed by atoms with Crippen molar-refractivity contribution < 1.29 is 9.90 Å². The minimum atomic E-state index is -0.403. The summed E-state index contributed by atoms with van der Waals surface area (Å²) in [4.78, 5) is 14.4. The van der Waals surface area contributed by atoms with Crippen molar-refractivity contribution >= 4 is 5.91 Å². The zero-order valence-corrected chi connectivity index (χ0v) is 15.1. The standard InChI is InChI=1S/C22H27NO2/c1-3-21(24)19-11-7-17(8-12-19)18-9-13-20(14-10-18)22(25)23(2)15-16-5-4-6-16/h7-14,16,21,24H,3-6,15H2,1-2H3/t21-/m1/s1. The molecule has 1 N–H and O–H groups in total. The van der Waals surface area contributed by atoms with Gasteiger partial charge < -0.3 is 10.0 Å². The molecule has 0 aromatic heterocycles. The zero-order chi connectivity index (χ0) is 17.8. The molecule has 132 valence electrons. The lowest BCUT2D eigenvalue weighted by atomic mass is 9.85. The predicted molar refractivity (Wildman–Crippen MR) is 101 cm³/mol. The fourth-order valence-electron chi connectivity index (χ4n) is 3.30. The van der Waals surface area contributed by atoms with Crippen molar-refractivity contribution in [3.63, 3.8) is 0 Å². The Morgan fingerprint density at radius 2 is 1.64 bits per heavy atom. The van der Waals surface area contributed by atoms with Crippen LogP contribution in [0.1, 0.15) is 54.6 Å². The van der Waals surface area contributed by atoms with E-state index in [4.69, 9.17) is 0 Å². The van der Waals surface area contributed by atoms with Crippen LogP contribution < -0.4 is 0 Å². The summed E-state index contributed by atoms with van der Waals surface area (Å²) >= 11 is 0. The quantitative estimate of drug-likeness (QED) is 0.832. The van der Waals surface area contributed by atoms with Gasteiger partial charge in [0.05, 0.1) is 6.10 Å². The average Bonchev–Trinajstić information content (AvgIpc) is 2.63. The zero-order valence-electron chi connectivity index (χ0n) is 15.1. The van der Waals surface area contributed by atoms with Crippen LogP contribution in [0.2, 0.25) is 0 Å². The molecule has 2 aromatic rings. The summed E-state index contributed by atoms with van der Waals surface area (Å²) in [5, 5.41) is 9.88. The highest BCUT2D eigenvalue weighted by atomic mass is 16.3. The Kier molecular flexibility index (Phi) is 5.54. The van der Waals surface area contributed by atoms with Crippen LogP contribution in [0.25, 0.3) is 11.1 Å². The lowest BCUT2D eigenvalue weighted by molar-refractivity contribution is 0.0745. The van der Waals surface area contributed by atoms with Gasteiger partial charge in [0.2, 0.25) is 0 Å². The van der Waals surface area contributed by atoms with Crippen LogP contribution in [-0.2, 0) is 0 Å². The highest BCUT2D eigenvalue weighted by Crippen LogP contribution is 2.27. The molecular weight excluding hydrogens is 310 g/mol. The summed E-state index contributed by atoms with van der Waals surface area (Å²) in [7, 11) is 1.90. The Morgan fingerprint density at radius 3 is 2.12 bits per heavy atom. The first-order chi connectivity index (χ1) is 12.1. The molecule has 0 radical (unpaired) electrons. The molecule has 1 aliphatic rings. The number of rotatable bonds is 6. The van der Waals surface area contributed by atoms with E-state index in [9.17, 15) is 9.90 Å².